The van der Waals surface area contributed by atoms with Crippen LogP contribution in [0.2, 0.25) is 0 Å². The number of rotatable bonds is 0. The Labute approximate surface area is 37.5 Å². The SMILES string of the molecule is N#CC(F)Br. The molecule has 0 amide bonds. The van der Waals surface area contributed by atoms with Gasteiger partial charge in [0, 0.05) is 0 Å². The fourth-order valence-corrected chi connectivity index (χ4v) is 0. The van der Waals surface area contributed by atoms with Crippen LogP contribution in [0.15, 0.2) is 0 Å². The zero-order valence-electron chi connectivity index (χ0n) is 2.28. The first kappa shape index (κ1) is 4.90. The Morgan fingerprint density at radius 2 is 2.20 bits per heavy atom. The molecule has 5 heavy (non-hydrogen) atoms. The van der Waals surface area contributed by atoms with E-state index < -0.39 is 5.08 Å². The minimum absolute atomic E-state index is 1.28. The van der Waals surface area contributed by atoms with Gasteiger partial charge >= 0.3 is 0 Å². The van der Waals surface area contributed by atoms with Crippen molar-refractivity contribution in [1.29, 1.82) is 5.26 Å². The van der Waals surface area contributed by atoms with Gasteiger partial charge in [0.25, 0.3) is 0 Å². The van der Waals surface area contributed by atoms with Crippen LogP contribution in [0.4, 0.5) is 4.39 Å². The summed E-state index contributed by atoms with van der Waals surface area (Å²) in [7, 11) is 0. The highest BCUT2D eigenvalue weighted by molar-refractivity contribution is 9.09. The van der Waals surface area contributed by atoms with Gasteiger partial charge in [-0.05, 0) is 15.9 Å². The van der Waals surface area contributed by atoms with Crippen LogP contribution in [0.1, 0.15) is 0 Å². The van der Waals surface area contributed by atoms with Crippen LogP contribution in [0.25, 0.3) is 0 Å². The lowest BCUT2D eigenvalue weighted by Crippen LogP contribution is -1.72. The Hall–Kier alpha value is -0.100. The summed E-state index contributed by atoms with van der Waals surface area (Å²) >= 11 is 2.35. The second kappa shape index (κ2) is 2.16. The molecule has 0 saturated heterocycles. The van der Waals surface area contributed by atoms with Crippen LogP contribution in [0, 0.1) is 11.3 Å². The monoisotopic (exact) mass is 137 g/mol. The Morgan fingerprint density at radius 1 is 2.00 bits per heavy atom. The summed E-state index contributed by atoms with van der Waals surface area (Å²) in [5, 5.41) is 5.97. The lowest BCUT2D eigenvalue weighted by atomic mass is 10.9. The van der Waals surface area contributed by atoms with Gasteiger partial charge in [0.05, 0.1) is 0 Å². The number of nitriles is 1. The van der Waals surface area contributed by atoms with Gasteiger partial charge in [-0.3, -0.25) is 0 Å². The fraction of sp³-hybridized carbons (Fsp3) is 0.500. The summed E-state index contributed by atoms with van der Waals surface area (Å²) in [6.07, 6.45) is 0. The molecule has 0 saturated carbocycles. The first-order valence-corrected chi connectivity index (χ1v) is 1.86. The van der Waals surface area contributed by atoms with Crippen LogP contribution in [0.3, 0.4) is 0 Å². The highest BCUT2D eigenvalue weighted by atomic mass is 79.9. The minimum atomic E-state index is -1.50. The molecule has 0 N–H and O–H groups in total. The van der Waals surface area contributed by atoms with E-state index in [-0.39, 0.29) is 0 Å². The van der Waals surface area contributed by atoms with E-state index in [0.29, 0.717) is 0 Å². The second-order valence-corrected chi connectivity index (χ2v) is 1.23. The molecule has 0 aromatic heterocycles. The van der Waals surface area contributed by atoms with E-state index in [1.807, 2.05) is 0 Å². The average Bonchev–Trinajstić information content (AvgIpc) is 1.38. The van der Waals surface area contributed by atoms with Crippen molar-refractivity contribution < 1.29 is 4.39 Å². The molecule has 0 aliphatic carbocycles. The largest absolute Gasteiger partial charge is 0.240 e. The number of alkyl halides is 2. The first-order chi connectivity index (χ1) is 2.27. The highest BCUT2D eigenvalue weighted by Gasteiger charge is 1.87. The van der Waals surface area contributed by atoms with Crippen molar-refractivity contribution in [2.75, 3.05) is 0 Å². The first-order valence-electron chi connectivity index (χ1n) is 0.949. The van der Waals surface area contributed by atoms with Crippen molar-refractivity contribution in [1.82, 2.24) is 0 Å². The molecule has 0 aromatic rings. The van der Waals surface area contributed by atoms with E-state index in [2.05, 4.69) is 15.9 Å². The summed E-state index contributed by atoms with van der Waals surface area (Å²) in [5.74, 6) is 0. The molecule has 0 aromatic carbocycles. The van der Waals surface area contributed by atoms with Gasteiger partial charge in [-0.25, -0.2) is 4.39 Å². The lowest BCUT2D eigenvalue weighted by molar-refractivity contribution is 0.537. The van der Waals surface area contributed by atoms with E-state index in [9.17, 15) is 4.39 Å². The second-order valence-electron chi connectivity index (χ2n) is 0.430. The molecule has 1 atom stereocenters. The zero-order valence-corrected chi connectivity index (χ0v) is 3.87. The number of hydrogen-bond donors (Lipinski definition) is 0. The maximum atomic E-state index is 11.0. The molecule has 3 heteroatoms. The van der Waals surface area contributed by atoms with Crippen molar-refractivity contribution in [2.24, 2.45) is 0 Å². The van der Waals surface area contributed by atoms with Crippen molar-refractivity contribution in [3.8, 4) is 6.07 Å². The Bertz CT molecular complexity index is 55.2. The molecule has 0 aliphatic rings. The molecule has 1 unspecified atom stereocenters. The predicted molar refractivity (Wildman–Crippen MR) is 19.4 cm³/mol. The van der Waals surface area contributed by atoms with E-state index in [0.717, 1.165) is 0 Å². The topological polar surface area (TPSA) is 23.8 Å². The Kier molecular flexibility index (Phi) is 2.11. The van der Waals surface area contributed by atoms with Crippen molar-refractivity contribution in [3.05, 3.63) is 0 Å². The van der Waals surface area contributed by atoms with Gasteiger partial charge in [0.2, 0.25) is 5.08 Å². The summed E-state index contributed by atoms with van der Waals surface area (Å²) in [6, 6.07) is 1.28. The third kappa shape index (κ3) is 3.90. The van der Waals surface area contributed by atoms with Crippen LogP contribution in [-0.4, -0.2) is 5.08 Å². The molecule has 1 nitrogen and oxygen atoms in total. The van der Waals surface area contributed by atoms with E-state index in [4.69, 9.17) is 5.26 Å². The molecule has 0 spiro atoms. The molecule has 0 radical (unpaired) electrons. The van der Waals surface area contributed by atoms with Gasteiger partial charge in [-0.15, -0.1) is 0 Å². The maximum absolute atomic E-state index is 11.0. The molecule has 0 rings (SSSR count). The van der Waals surface area contributed by atoms with Crippen LogP contribution >= 0.6 is 15.9 Å². The third-order valence-corrected chi connectivity index (χ3v) is 0.302. The normalized spacial score (nSPS) is 13.0. The van der Waals surface area contributed by atoms with E-state index >= 15 is 0 Å². The summed E-state index contributed by atoms with van der Waals surface area (Å²) in [6.45, 7) is 0. The van der Waals surface area contributed by atoms with E-state index in [1.54, 1.807) is 0 Å². The van der Waals surface area contributed by atoms with Gasteiger partial charge in [0.1, 0.15) is 6.07 Å². The molecular weight excluding hydrogens is 137 g/mol. The highest BCUT2D eigenvalue weighted by Crippen LogP contribution is 1.94. The zero-order chi connectivity index (χ0) is 4.28. The van der Waals surface area contributed by atoms with Crippen molar-refractivity contribution in [3.63, 3.8) is 0 Å². The van der Waals surface area contributed by atoms with Gasteiger partial charge < -0.3 is 0 Å². The maximum Gasteiger partial charge on any atom is 0.240 e. The average molecular weight is 138 g/mol. The van der Waals surface area contributed by atoms with E-state index in [1.165, 1.54) is 6.07 Å². The standard InChI is InChI=1S/C2HBrFN/c3-2(4)1-5/h2H. The number of nitrogens with zero attached hydrogens (tertiary/aromatic N) is 1. The van der Waals surface area contributed by atoms with Gasteiger partial charge in [-0.2, -0.15) is 5.26 Å². The van der Waals surface area contributed by atoms with Crippen LogP contribution in [-0.2, 0) is 0 Å². The van der Waals surface area contributed by atoms with Crippen molar-refractivity contribution in [2.45, 2.75) is 5.08 Å². The smallest absolute Gasteiger partial charge is 0.218 e. The van der Waals surface area contributed by atoms with Gasteiger partial charge in [-0.1, -0.05) is 0 Å². The molecule has 0 fully saturated rings. The molecule has 0 heterocycles. The third-order valence-electron chi connectivity index (χ3n) is 0.0976. The fourth-order valence-electron chi connectivity index (χ4n) is 0. The summed E-state index contributed by atoms with van der Waals surface area (Å²) in [4.78, 5) is 0. The quantitative estimate of drug-likeness (QED) is 0.461. The predicted octanol–water partition coefficient (Wildman–Crippen LogP) is 1.20. The molecular formula is C2HBrFN. The van der Waals surface area contributed by atoms with Crippen LogP contribution in [0.5, 0.6) is 0 Å². The van der Waals surface area contributed by atoms with Gasteiger partial charge in [0.15, 0.2) is 0 Å². The van der Waals surface area contributed by atoms with Crippen LogP contribution < -0.4 is 0 Å². The Balaban J connectivity index is 2.94. The lowest BCUT2D eigenvalue weighted by Gasteiger charge is -1.68. The van der Waals surface area contributed by atoms with Crippen molar-refractivity contribution >= 4 is 15.9 Å². The number of hydrogen-bond acceptors (Lipinski definition) is 1. The number of halogens is 2. The molecule has 0 bridgehead atoms. The summed E-state index contributed by atoms with van der Waals surface area (Å²) < 4.78 is 11.0. The Morgan fingerprint density at radius 3 is 2.20 bits per heavy atom. The summed E-state index contributed by atoms with van der Waals surface area (Å²) in [5.41, 5.74) is 0. The molecule has 0 aliphatic heterocycles. The molecule has 28 valence electrons. The minimum Gasteiger partial charge on any atom is -0.218 e.